The second-order valence-corrected chi connectivity index (χ2v) is 5.74. The summed E-state index contributed by atoms with van der Waals surface area (Å²) in [6.45, 7) is 6.29. The van der Waals surface area contributed by atoms with Gasteiger partial charge in [0.25, 0.3) is 0 Å². The van der Waals surface area contributed by atoms with Gasteiger partial charge in [0.1, 0.15) is 0 Å². The van der Waals surface area contributed by atoms with E-state index in [0.29, 0.717) is 6.42 Å². The summed E-state index contributed by atoms with van der Waals surface area (Å²) in [4.78, 5) is 12.0. The van der Waals surface area contributed by atoms with Gasteiger partial charge >= 0.3 is 0 Å². The van der Waals surface area contributed by atoms with E-state index in [1.54, 1.807) is 0 Å². The van der Waals surface area contributed by atoms with Crippen LogP contribution < -0.4 is 5.32 Å². The van der Waals surface area contributed by atoms with Gasteiger partial charge in [-0.25, -0.2) is 0 Å². The number of rotatable bonds is 1. The maximum atomic E-state index is 12.0. The van der Waals surface area contributed by atoms with E-state index < -0.39 is 0 Å². The quantitative estimate of drug-likeness (QED) is 0.826. The summed E-state index contributed by atoms with van der Waals surface area (Å²) in [5.74, 6) is 0.268. The predicted molar refractivity (Wildman–Crippen MR) is 82.2 cm³/mol. The largest absolute Gasteiger partial charge is 0.326 e. The molecular formula is C18H19NO. The molecule has 1 N–H and O–H groups in total. The molecule has 2 aromatic rings. The third kappa shape index (κ3) is 2.22. The maximum Gasteiger partial charge on any atom is 0.225 e. The highest BCUT2D eigenvalue weighted by Gasteiger charge is 2.26. The topological polar surface area (TPSA) is 29.1 Å². The zero-order valence-electron chi connectivity index (χ0n) is 12.2. The van der Waals surface area contributed by atoms with Crippen LogP contribution in [0.2, 0.25) is 0 Å². The number of benzene rings is 2. The van der Waals surface area contributed by atoms with Crippen LogP contribution >= 0.6 is 0 Å². The van der Waals surface area contributed by atoms with E-state index in [0.717, 1.165) is 5.69 Å². The number of carbonyl (C=O) groups is 1. The molecule has 1 amide bonds. The molecule has 0 radical (unpaired) electrons. The average Bonchev–Trinajstić information content (AvgIpc) is 2.41. The van der Waals surface area contributed by atoms with E-state index >= 15 is 0 Å². The van der Waals surface area contributed by atoms with Gasteiger partial charge in [-0.3, -0.25) is 4.79 Å². The lowest BCUT2D eigenvalue weighted by Gasteiger charge is -2.27. The molecule has 0 aromatic heterocycles. The molecule has 0 bridgehead atoms. The smallest absolute Gasteiger partial charge is 0.225 e. The molecule has 1 unspecified atom stereocenters. The summed E-state index contributed by atoms with van der Waals surface area (Å²) in [6.07, 6.45) is 0.526. The van der Waals surface area contributed by atoms with Crippen LogP contribution in [0.15, 0.2) is 36.4 Å². The third-order valence-corrected chi connectivity index (χ3v) is 4.18. The van der Waals surface area contributed by atoms with Crippen LogP contribution in [0.5, 0.6) is 0 Å². The van der Waals surface area contributed by atoms with E-state index in [2.05, 4.69) is 62.5 Å². The van der Waals surface area contributed by atoms with E-state index in [1.807, 2.05) is 0 Å². The molecule has 20 heavy (non-hydrogen) atoms. The monoisotopic (exact) mass is 265 g/mol. The van der Waals surface area contributed by atoms with Crippen LogP contribution in [-0.2, 0) is 4.79 Å². The summed E-state index contributed by atoms with van der Waals surface area (Å²) in [5, 5.41) is 3.00. The second-order valence-electron chi connectivity index (χ2n) is 5.74. The summed E-state index contributed by atoms with van der Waals surface area (Å²) >= 11 is 0. The molecule has 2 nitrogen and oxygen atoms in total. The Hall–Kier alpha value is -2.09. The van der Waals surface area contributed by atoms with Crippen LogP contribution in [0.1, 0.15) is 40.2 Å². The number of hydrogen-bond acceptors (Lipinski definition) is 1. The summed E-state index contributed by atoms with van der Waals surface area (Å²) in [5.41, 5.74) is 7.15. The first kappa shape index (κ1) is 12.9. The summed E-state index contributed by atoms with van der Waals surface area (Å²) in [7, 11) is 0. The van der Waals surface area contributed by atoms with Gasteiger partial charge < -0.3 is 5.32 Å². The highest BCUT2D eigenvalue weighted by molar-refractivity contribution is 5.95. The average molecular weight is 265 g/mol. The van der Waals surface area contributed by atoms with Gasteiger partial charge in [-0.2, -0.15) is 0 Å². The van der Waals surface area contributed by atoms with Crippen LogP contribution in [-0.4, -0.2) is 5.91 Å². The summed E-state index contributed by atoms with van der Waals surface area (Å²) in [6, 6.07) is 12.8. The van der Waals surface area contributed by atoms with Gasteiger partial charge in [0.15, 0.2) is 0 Å². The molecule has 3 rings (SSSR count). The fourth-order valence-electron chi connectivity index (χ4n) is 2.83. The van der Waals surface area contributed by atoms with Gasteiger partial charge in [0.2, 0.25) is 5.91 Å². The number of aryl methyl sites for hydroxylation is 3. The van der Waals surface area contributed by atoms with Crippen LogP contribution in [0.25, 0.3) is 0 Å². The van der Waals surface area contributed by atoms with E-state index in [1.165, 1.54) is 27.8 Å². The number of carbonyl (C=O) groups excluding carboxylic acids is 1. The molecule has 0 fully saturated rings. The molecule has 0 spiro atoms. The number of hydrogen-bond donors (Lipinski definition) is 1. The Bertz CT molecular complexity index is 671. The zero-order valence-corrected chi connectivity index (χ0v) is 12.2. The number of anilines is 1. The Balaban J connectivity index is 2.12. The number of fused-ring (bicyclic) bond motifs is 1. The van der Waals surface area contributed by atoms with E-state index in [9.17, 15) is 4.79 Å². The van der Waals surface area contributed by atoms with E-state index in [4.69, 9.17) is 0 Å². The zero-order chi connectivity index (χ0) is 14.3. The Morgan fingerprint density at radius 2 is 1.65 bits per heavy atom. The SMILES string of the molecule is Cc1ccc(C2CC(=O)Nc3cc(C)c(C)cc32)cc1. The fraction of sp³-hybridized carbons (Fsp3) is 0.278. The molecule has 0 aliphatic carbocycles. The molecule has 0 saturated carbocycles. The molecule has 0 saturated heterocycles. The Labute approximate surface area is 119 Å². The third-order valence-electron chi connectivity index (χ3n) is 4.18. The lowest BCUT2D eigenvalue weighted by Crippen LogP contribution is -2.23. The molecule has 2 heteroatoms. The Kier molecular flexibility index (Phi) is 3.09. The van der Waals surface area contributed by atoms with Crippen molar-refractivity contribution in [3.63, 3.8) is 0 Å². The lowest BCUT2D eigenvalue weighted by atomic mass is 9.83. The van der Waals surface area contributed by atoms with Crippen LogP contribution in [0.3, 0.4) is 0 Å². The van der Waals surface area contributed by atoms with Crippen molar-refractivity contribution in [1.29, 1.82) is 0 Å². The normalized spacial score (nSPS) is 17.6. The minimum Gasteiger partial charge on any atom is -0.326 e. The number of nitrogens with one attached hydrogen (secondary N) is 1. The van der Waals surface area contributed by atoms with E-state index in [-0.39, 0.29) is 11.8 Å². The highest BCUT2D eigenvalue weighted by Crippen LogP contribution is 2.38. The molecule has 1 atom stereocenters. The first-order valence-electron chi connectivity index (χ1n) is 7.02. The van der Waals surface area contributed by atoms with Gasteiger partial charge in [-0.15, -0.1) is 0 Å². The molecule has 1 heterocycles. The molecule has 1 aliphatic rings. The van der Waals surface area contributed by atoms with Crippen molar-refractivity contribution in [2.75, 3.05) is 5.32 Å². The van der Waals surface area contributed by atoms with Crippen molar-refractivity contribution < 1.29 is 4.79 Å². The van der Waals surface area contributed by atoms with Crippen molar-refractivity contribution in [2.24, 2.45) is 0 Å². The maximum absolute atomic E-state index is 12.0. The van der Waals surface area contributed by atoms with Gasteiger partial charge in [0, 0.05) is 18.0 Å². The highest BCUT2D eigenvalue weighted by atomic mass is 16.1. The second kappa shape index (κ2) is 4.78. The fourth-order valence-corrected chi connectivity index (χ4v) is 2.83. The van der Waals surface area contributed by atoms with Gasteiger partial charge in [0.05, 0.1) is 0 Å². The van der Waals surface area contributed by atoms with Crippen LogP contribution in [0, 0.1) is 20.8 Å². The van der Waals surface area contributed by atoms with Crippen molar-refractivity contribution in [1.82, 2.24) is 0 Å². The van der Waals surface area contributed by atoms with Crippen molar-refractivity contribution in [3.8, 4) is 0 Å². The van der Waals surface area contributed by atoms with Crippen LogP contribution in [0.4, 0.5) is 5.69 Å². The molecule has 102 valence electrons. The lowest BCUT2D eigenvalue weighted by molar-refractivity contribution is -0.116. The predicted octanol–water partition coefficient (Wildman–Crippen LogP) is 4.09. The standard InChI is InChI=1S/C18H19NO/c1-11-4-6-14(7-5-11)15-10-18(20)19-17-9-13(3)12(2)8-16(15)17/h4-9,15H,10H2,1-3H3,(H,19,20). The summed E-state index contributed by atoms with van der Waals surface area (Å²) < 4.78 is 0. The van der Waals surface area contributed by atoms with Crippen molar-refractivity contribution in [3.05, 3.63) is 64.2 Å². The first-order valence-corrected chi connectivity index (χ1v) is 7.02. The first-order chi connectivity index (χ1) is 9.54. The Morgan fingerprint density at radius 3 is 2.35 bits per heavy atom. The minimum atomic E-state index is 0.103. The van der Waals surface area contributed by atoms with Crippen molar-refractivity contribution in [2.45, 2.75) is 33.1 Å². The number of amides is 1. The van der Waals surface area contributed by atoms with Gasteiger partial charge in [-0.05, 0) is 49.1 Å². The van der Waals surface area contributed by atoms with Crippen molar-refractivity contribution >= 4 is 11.6 Å². The molecular weight excluding hydrogens is 246 g/mol. The Morgan fingerprint density at radius 1 is 1.00 bits per heavy atom. The molecule has 1 aliphatic heterocycles. The van der Waals surface area contributed by atoms with Gasteiger partial charge in [-0.1, -0.05) is 35.9 Å². The minimum absolute atomic E-state index is 0.103. The molecule has 2 aromatic carbocycles.